The van der Waals surface area contributed by atoms with Gasteiger partial charge in [0.2, 0.25) is 6.79 Å². The largest absolute Gasteiger partial charge is 0.486 e. The number of amides is 1. The van der Waals surface area contributed by atoms with E-state index in [9.17, 15) is 4.79 Å². The number of para-hydroxylation sites is 3. The summed E-state index contributed by atoms with van der Waals surface area (Å²) >= 11 is 0. The number of carbonyl (C=O) groups excluding carboxylic acids is 1. The molecule has 1 saturated heterocycles. The number of nitrogens with zero attached hydrogens (tertiary/aromatic N) is 3. The number of carbonyl (C=O) groups is 1. The van der Waals surface area contributed by atoms with Crippen molar-refractivity contribution in [2.75, 3.05) is 19.9 Å². The van der Waals surface area contributed by atoms with Crippen LogP contribution in [0.25, 0.3) is 11.0 Å². The number of rotatable bonds is 5. The summed E-state index contributed by atoms with van der Waals surface area (Å²) in [5, 5.41) is 0. The van der Waals surface area contributed by atoms with Gasteiger partial charge in [0.25, 0.3) is 5.91 Å². The molecule has 0 N–H and O–H groups in total. The fourth-order valence-electron chi connectivity index (χ4n) is 4.81. The molecule has 0 bridgehead atoms. The second-order valence-electron chi connectivity index (χ2n) is 8.58. The average molecular weight is 456 g/mol. The Morgan fingerprint density at radius 2 is 1.71 bits per heavy atom. The lowest BCUT2D eigenvalue weighted by Gasteiger charge is -2.33. The van der Waals surface area contributed by atoms with Gasteiger partial charge in [-0.1, -0.05) is 30.3 Å². The fourth-order valence-corrected chi connectivity index (χ4v) is 4.81. The molecule has 7 nitrogen and oxygen atoms in total. The second-order valence-corrected chi connectivity index (χ2v) is 8.58. The molecule has 0 aliphatic carbocycles. The summed E-state index contributed by atoms with van der Waals surface area (Å²) in [6, 6.07) is 23.6. The van der Waals surface area contributed by atoms with Crippen LogP contribution in [0.4, 0.5) is 0 Å². The molecule has 0 radical (unpaired) electrons. The SMILES string of the molecule is O=C(c1ccc2c(c1)OCO2)N1CCC(n2c(COc3ccccc3)nc3ccccc32)CC1. The van der Waals surface area contributed by atoms with Gasteiger partial charge in [-0.25, -0.2) is 4.98 Å². The van der Waals surface area contributed by atoms with Gasteiger partial charge in [0.1, 0.15) is 18.2 Å². The molecule has 0 saturated carbocycles. The van der Waals surface area contributed by atoms with Crippen LogP contribution in [-0.4, -0.2) is 40.2 Å². The van der Waals surface area contributed by atoms with Crippen molar-refractivity contribution in [3.8, 4) is 17.2 Å². The van der Waals surface area contributed by atoms with Gasteiger partial charge in [0.05, 0.1) is 11.0 Å². The fraction of sp³-hybridized carbons (Fsp3) is 0.259. The highest BCUT2D eigenvalue weighted by Gasteiger charge is 2.28. The van der Waals surface area contributed by atoms with E-state index in [1.165, 1.54) is 0 Å². The van der Waals surface area contributed by atoms with Crippen molar-refractivity contribution in [2.45, 2.75) is 25.5 Å². The lowest BCUT2D eigenvalue weighted by atomic mass is 10.0. The monoisotopic (exact) mass is 455 g/mol. The minimum Gasteiger partial charge on any atom is -0.486 e. The Hall–Kier alpha value is -4.00. The molecule has 7 heteroatoms. The number of imidazole rings is 1. The van der Waals surface area contributed by atoms with E-state index in [2.05, 4.69) is 10.6 Å². The first-order chi connectivity index (χ1) is 16.8. The number of aromatic nitrogens is 2. The summed E-state index contributed by atoms with van der Waals surface area (Å²) in [7, 11) is 0. The van der Waals surface area contributed by atoms with Gasteiger partial charge in [-0.2, -0.15) is 0 Å². The summed E-state index contributed by atoms with van der Waals surface area (Å²) < 4.78 is 19.1. The molecule has 2 aliphatic heterocycles. The van der Waals surface area contributed by atoms with Gasteiger partial charge in [0.15, 0.2) is 11.5 Å². The Kier molecular flexibility index (Phi) is 5.30. The van der Waals surface area contributed by atoms with E-state index < -0.39 is 0 Å². The molecule has 0 spiro atoms. The predicted octanol–water partition coefficient (Wildman–Crippen LogP) is 4.82. The van der Waals surface area contributed by atoms with Crippen molar-refractivity contribution < 1.29 is 19.0 Å². The van der Waals surface area contributed by atoms with E-state index in [0.29, 0.717) is 36.8 Å². The molecule has 1 aromatic heterocycles. The van der Waals surface area contributed by atoms with Crippen LogP contribution in [0.1, 0.15) is 35.1 Å². The minimum absolute atomic E-state index is 0.0277. The van der Waals surface area contributed by atoms with Crippen molar-refractivity contribution in [3.05, 3.63) is 84.2 Å². The molecular formula is C27H25N3O4. The van der Waals surface area contributed by atoms with Crippen LogP contribution in [0.3, 0.4) is 0 Å². The standard InChI is InChI=1S/C27H25N3O4/c31-27(19-10-11-24-25(16-19)34-18-33-24)29-14-12-20(13-15-29)30-23-9-5-4-8-22(23)28-26(30)17-32-21-6-2-1-3-7-21/h1-11,16,20H,12-15,17-18H2. The van der Waals surface area contributed by atoms with Crippen LogP contribution in [0.15, 0.2) is 72.8 Å². The second kappa shape index (κ2) is 8.74. The number of piperidine rings is 1. The Labute approximate surface area is 197 Å². The highest BCUT2D eigenvalue weighted by molar-refractivity contribution is 5.95. The first-order valence-electron chi connectivity index (χ1n) is 11.6. The molecular weight excluding hydrogens is 430 g/mol. The van der Waals surface area contributed by atoms with Crippen LogP contribution in [0, 0.1) is 0 Å². The number of likely N-dealkylation sites (tertiary alicyclic amines) is 1. The van der Waals surface area contributed by atoms with Crippen molar-refractivity contribution in [2.24, 2.45) is 0 Å². The van der Waals surface area contributed by atoms with Crippen LogP contribution in [0.2, 0.25) is 0 Å². The molecule has 172 valence electrons. The summed E-state index contributed by atoms with van der Waals surface area (Å²) in [6.45, 7) is 1.97. The normalized spacial score (nSPS) is 15.6. The van der Waals surface area contributed by atoms with E-state index in [0.717, 1.165) is 35.4 Å². The third-order valence-corrected chi connectivity index (χ3v) is 6.52. The van der Waals surface area contributed by atoms with Crippen molar-refractivity contribution >= 4 is 16.9 Å². The number of fused-ring (bicyclic) bond motifs is 2. The number of benzene rings is 3. The van der Waals surface area contributed by atoms with E-state index >= 15 is 0 Å². The van der Waals surface area contributed by atoms with E-state index in [4.69, 9.17) is 19.2 Å². The molecule has 2 aliphatic rings. The van der Waals surface area contributed by atoms with Crippen LogP contribution >= 0.6 is 0 Å². The zero-order valence-corrected chi connectivity index (χ0v) is 18.7. The number of hydrogen-bond donors (Lipinski definition) is 0. The van der Waals surface area contributed by atoms with Crippen LogP contribution < -0.4 is 14.2 Å². The Balaban J connectivity index is 1.20. The van der Waals surface area contributed by atoms with E-state index in [1.807, 2.05) is 59.5 Å². The lowest BCUT2D eigenvalue weighted by molar-refractivity contribution is 0.0693. The van der Waals surface area contributed by atoms with Crippen LogP contribution in [0.5, 0.6) is 17.2 Å². The highest BCUT2D eigenvalue weighted by Crippen LogP contribution is 2.34. The maximum absolute atomic E-state index is 13.1. The molecule has 3 heterocycles. The van der Waals surface area contributed by atoms with Crippen molar-refractivity contribution in [3.63, 3.8) is 0 Å². The average Bonchev–Trinajstić information content (AvgIpc) is 3.51. The zero-order chi connectivity index (χ0) is 22.9. The molecule has 0 atom stereocenters. The number of hydrogen-bond acceptors (Lipinski definition) is 5. The highest BCUT2D eigenvalue weighted by atomic mass is 16.7. The van der Waals surface area contributed by atoms with Crippen molar-refractivity contribution in [1.29, 1.82) is 0 Å². The number of ether oxygens (including phenoxy) is 3. The third-order valence-electron chi connectivity index (χ3n) is 6.52. The van der Waals surface area contributed by atoms with Gasteiger partial charge in [0, 0.05) is 24.7 Å². The van der Waals surface area contributed by atoms with Gasteiger partial charge >= 0.3 is 0 Å². The smallest absolute Gasteiger partial charge is 0.253 e. The van der Waals surface area contributed by atoms with E-state index in [-0.39, 0.29) is 18.7 Å². The quantitative estimate of drug-likeness (QED) is 0.432. The summed E-state index contributed by atoms with van der Waals surface area (Å²) in [6.07, 6.45) is 1.71. The third kappa shape index (κ3) is 3.83. The first-order valence-corrected chi connectivity index (χ1v) is 11.6. The predicted molar refractivity (Wildman–Crippen MR) is 127 cm³/mol. The Morgan fingerprint density at radius 1 is 0.941 bits per heavy atom. The molecule has 1 fully saturated rings. The molecule has 34 heavy (non-hydrogen) atoms. The van der Waals surface area contributed by atoms with Gasteiger partial charge < -0.3 is 23.7 Å². The maximum atomic E-state index is 13.1. The zero-order valence-electron chi connectivity index (χ0n) is 18.7. The Morgan fingerprint density at radius 3 is 2.56 bits per heavy atom. The molecule has 1 amide bonds. The first kappa shape index (κ1) is 20.6. The Bertz CT molecular complexity index is 1330. The van der Waals surface area contributed by atoms with Gasteiger partial charge in [-0.3, -0.25) is 4.79 Å². The lowest BCUT2D eigenvalue weighted by Crippen LogP contribution is -2.39. The summed E-state index contributed by atoms with van der Waals surface area (Å²) in [5.41, 5.74) is 2.70. The van der Waals surface area contributed by atoms with Gasteiger partial charge in [-0.15, -0.1) is 0 Å². The topological polar surface area (TPSA) is 65.8 Å². The van der Waals surface area contributed by atoms with E-state index in [1.54, 1.807) is 12.1 Å². The summed E-state index contributed by atoms with van der Waals surface area (Å²) in [5.74, 6) is 3.08. The molecule has 3 aromatic carbocycles. The summed E-state index contributed by atoms with van der Waals surface area (Å²) in [4.78, 5) is 19.9. The molecule has 6 rings (SSSR count). The van der Waals surface area contributed by atoms with Crippen molar-refractivity contribution in [1.82, 2.24) is 14.5 Å². The molecule has 0 unspecified atom stereocenters. The van der Waals surface area contributed by atoms with Gasteiger partial charge in [-0.05, 0) is 55.3 Å². The van der Waals surface area contributed by atoms with Crippen LogP contribution in [-0.2, 0) is 6.61 Å². The minimum atomic E-state index is 0.0277. The molecule has 4 aromatic rings. The maximum Gasteiger partial charge on any atom is 0.253 e.